The van der Waals surface area contributed by atoms with Crippen LogP contribution in [0.25, 0.3) is 81.0 Å². The highest BCUT2D eigenvalue weighted by molar-refractivity contribution is 6.28. The first kappa shape index (κ1) is 41.9. The van der Waals surface area contributed by atoms with Gasteiger partial charge in [0.15, 0.2) is 17.3 Å². The second kappa shape index (κ2) is 16.7. The van der Waals surface area contributed by atoms with E-state index in [2.05, 4.69) is 10.9 Å². The summed E-state index contributed by atoms with van der Waals surface area (Å²) in [5.74, 6) is -3.04. The fourth-order valence-corrected chi connectivity index (χ4v) is 10.0. The highest BCUT2D eigenvalue weighted by Crippen LogP contribution is 2.51. The van der Waals surface area contributed by atoms with E-state index in [4.69, 9.17) is 6.57 Å². The molecule has 70 heavy (non-hydrogen) atoms. The fraction of sp³-hybridized carbons (Fsp3) is 0. The summed E-state index contributed by atoms with van der Waals surface area (Å²) >= 11 is 0. The van der Waals surface area contributed by atoms with Crippen molar-refractivity contribution in [3.63, 3.8) is 0 Å². The van der Waals surface area contributed by atoms with Crippen LogP contribution < -0.4 is 9.80 Å². The Morgan fingerprint density at radius 1 is 0.414 bits per heavy atom. The minimum atomic E-state index is -0.788. The van der Waals surface area contributed by atoms with Gasteiger partial charge in [0.05, 0.1) is 41.0 Å². The summed E-state index contributed by atoms with van der Waals surface area (Å²) in [6.07, 6.45) is 0. The topological polar surface area (TPSA) is 34.6 Å². The SMILES string of the molecule is [C-]#[N+]c1ccc(N(c2c(F)cc(F)cc2-c2ccc3ccccc3c2)c2ccc3ccc4c(N(c5ccc(C#N)cc5)c5c(F)cc(F)cc5-c5ccc6ccccc6c5)ccc5ccc2c3c54)cc1. The molecule has 0 aromatic heterocycles. The predicted octanol–water partition coefficient (Wildman–Crippen LogP) is 18.1. The molecule has 0 aliphatic carbocycles. The zero-order chi connectivity index (χ0) is 47.6. The maximum Gasteiger partial charge on any atom is 0.187 e. The van der Waals surface area contributed by atoms with Gasteiger partial charge in [-0.05, 0) is 127 Å². The van der Waals surface area contributed by atoms with E-state index >= 15 is 17.6 Å². The van der Waals surface area contributed by atoms with Gasteiger partial charge >= 0.3 is 0 Å². The number of halogens is 4. The van der Waals surface area contributed by atoms with Crippen molar-refractivity contribution in [3.05, 3.63) is 247 Å². The number of hydrogen-bond acceptors (Lipinski definition) is 3. The monoisotopic (exact) mass is 910 g/mol. The van der Waals surface area contributed by atoms with Crippen LogP contribution in [-0.4, -0.2) is 0 Å². The number of nitrogens with zero attached hydrogens (tertiary/aromatic N) is 4. The lowest BCUT2D eigenvalue weighted by atomic mass is 9.91. The van der Waals surface area contributed by atoms with Crippen molar-refractivity contribution in [1.82, 2.24) is 0 Å². The summed E-state index contributed by atoms with van der Waals surface area (Å²) in [6.45, 7) is 7.69. The molecule has 12 rings (SSSR count). The summed E-state index contributed by atoms with van der Waals surface area (Å²) in [5.41, 5.74) is 5.13. The Kier molecular flexibility index (Phi) is 9.98. The molecule has 0 aliphatic rings. The van der Waals surface area contributed by atoms with Crippen LogP contribution in [0.2, 0.25) is 0 Å². The van der Waals surface area contributed by atoms with E-state index in [0.717, 1.165) is 66.0 Å². The molecule has 12 aromatic carbocycles. The van der Waals surface area contributed by atoms with Gasteiger partial charge < -0.3 is 9.80 Å². The normalized spacial score (nSPS) is 11.4. The van der Waals surface area contributed by atoms with Crippen molar-refractivity contribution in [3.8, 4) is 28.3 Å². The Morgan fingerprint density at radius 3 is 1.27 bits per heavy atom. The smallest absolute Gasteiger partial charge is 0.187 e. The average Bonchev–Trinajstić information content (AvgIpc) is 3.39. The quantitative estimate of drug-likeness (QED) is 0.0865. The van der Waals surface area contributed by atoms with Crippen molar-refractivity contribution >= 4 is 93.7 Å². The summed E-state index contributed by atoms with van der Waals surface area (Å²) < 4.78 is 65.3. The first-order chi connectivity index (χ1) is 34.2. The van der Waals surface area contributed by atoms with E-state index < -0.39 is 23.3 Å². The van der Waals surface area contributed by atoms with E-state index in [9.17, 15) is 5.26 Å². The van der Waals surface area contributed by atoms with Gasteiger partial charge in [0.25, 0.3) is 0 Å². The number of hydrogen-bond donors (Lipinski definition) is 0. The zero-order valence-corrected chi connectivity index (χ0v) is 36.9. The molecular weight excluding hydrogens is 877 g/mol. The molecule has 0 spiro atoms. The maximum atomic E-state index is 17.1. The largest absolute Gasteiger partial charge is 0.307 e. The Balaban J connectivity index is 1.12. The Labute approximate surface area is 399 Å². The summed E-state index contributed by atoms with van der Waals surface area (Å²) in [5, 5.41) is 18.5. The van der Waals surface area contributed by atoms with E-state index in [0.29, 0.717) is 56.3 Å². The molecule has 8 heteroatoms. The zero-order valence-electron chi connectivity index (χ0n) is 36.9. The summed E-state index contributed by atoms with van der Waals surface area (Å²) in [4.78, 5) is 7.18. The molecule has 0 N–H and O–H groups in total. The van der Waals surface area contributed by atoms with Crippen molar-refractivity contribution in [2.45, 2.75) is 0 Å². The van der Waals surface area contributed by atoms with Gasteiger partial charge in [-0.15, -0.1) is 0 Å². The van der Waals surface area contributed by atoms with E-state index in [1.165, 1.54) is 12.1 Å². The van der Waals surface area contributed by atoms with Crippen molar-refractivity contribution in [2.75, 3.05) is 9.80 Å². The van der Waals surface area contributed by atoms with Crippen LogP contribution in [0.1, 0.15) is 5.56 Å². The van der Waals surface area contributed by atoms with Crippen LogP contribution >= 0.6 is 0 Å². The molecule has 0 radical (unpaired) electrons. The van der Waals surface area contributed by atoms with Crippen LogP contribution in [0.5, 0.6) is 0 Å². The lowest BCUT2D eigenvalue weighted by Crippen LogP contribution is -2.15. The Bertz CT molecular complexity index is 3880. The van der Waals surface area contributed by atoms with Crippen molar-refractivity contribution in [1.29, 1.82) is 5.26 Å². The Hall–Kier alpha value is -9.50. The second-order valence-electron chi connectivity index (χ2n) is 17.2. The Morgan fingerprint density at radius 2 is 0.829 bits per heavy atom. The molecule has 12 aromatic rings. The highest BCUT2D eigenvalue weighted by Gasteiger charge is 2.28. The molecule has 0 bridgehead atoms. The third-order valence-electron chi connectivity index (χ3n) is 13.2. The van der Waals surface area contributed by atoms with Gasteiger partial charge in [-0.2, -0.15) is 5.26 Å². The third kappa shape index (κ3) is 6.98. The van der Waals surface area contributed by atoms with Crippen LogP contribution in [-0.2, 0) is 0 Å². The molecular formula is C62H34F4N4. The second-order valence-corrected chi connectivity index (χ2v) is 17.2. The molecule has 0 saturated heterocycles. The fourth-order valence-electron chi connectivity index (χ4n) is 10.0. The molecule has 4 nitrogen and oxygen atoms in total. The molecule has 0 aliphatic heterocycles. The molecule has 0 saturated carbocycles. The summed E-state index contributed by atoms with van der Waals surface area (Å²) in [6, 6.07) is 63.2. The van der Waals surface area contributed by atoms with Gasteiger partial charge in [0.1, 0.15) is 11.6 Å². The maximum absolute atomic E-state index is 17.1. The molecule has 0 atom stereocenters. The predicted molar refractivity (Wildman–Crippen MR) is 276 cm³/mol. The number of nitriles is 1. The van der Waals surface area contributed by atoms with Gasteiger partial charge in [-0.1, -0.05) is 121 Å². The van der Waals surface area contributed by atoms with Crippen molar-refractivity contribution < 1.29 is 17.6 Å². The van der Waals surface area contributed by atoms with Gasteiger partial charge in [-0.3, -0.25) is 0 Å². The lowest BCUT2D eigenvalue weighted by Gasteiger charge is -2.31. The minimum absolute atomic E-state index is 0.110. The molecule has 0 fully saturated rings. The van der Waals surface area contributed by atoms with Crippen LogP contribution in [0.15, 0.2) is 206 Å². The van der Waals surface area contributed by atoms with E-state index in [1.807, 2.05) is 133 Å². The number of fused-ring (bicyclic) bond motifs is 2. The molecule has 0 amide bonds. The van der Waals surface area contributed by atoms with Gasteiger partial charge in [0.2, 0.25) is 0 Å². The van der Waals surface area contributed by atoms with Gasteiger partial charge in [-0.25, -0.2) is 22.4 Å². The average molecular weight is 911 g/mol. The van der Waals surface area contributed by atoms with E-state index in [-0.39, 0.29) is 11.4 Å². The van der Waals surface area contributed by atoms with Crippen LogP contribution in [0.4, 0.5) is 57.4 Å². The molecule has 0 heterocycles. The number of benzene rings is 12. The lowest BCUT2D eigenvalue weighted by molar-refractivity contribution is 0.584. The highest BCUT2D eigenvalue weighted by atomic mass is 19.1. The van der Waals surface area contributed by atoms with Crippen LogP contribution in [0, 0.1) is 41.2 Å². The minimum Gasteiger partial charge on any atom is -0.307 e. The third-order valence-corrected chi connectivity index (χ3v) is 13.2. The van der Waals surface area contributed by atoms with Gasteiger partial charge in [0, 0.05) is 45.4 Å². The first-order valence-electron chi connectivity index (χ1n) is 22.5. The number of rotatable bonds is 8. The first-order valence-corrected chi connectivity index (χ1v) is 22.5. The number of anilines is 6. The standard InChI is InChI=1S/C62H34F4N4/c1-68-48-20-24-50(25-21-48)70(62-54(33-47(64)35-56(62)66)45-15-13-39-7-3-5-9-43(39)31-45)58-29-19-41-16-26-51-57(28-18-40-17-27-52(58)60(41)59(40)51)69(49-22-10-37(36-67)11-23-49)61-53(32-46(63)34-55(61)65)44-14-12-38-6-2-4-8-42(38)30-44/h2-35H. The van der Waals surface area contributed by atoms with Crippen LogP contribution in [0.3, 0.4) is 0 Å². The van der Waals surface area contributed by atoms with Crippen molar-refractivity contribution in [2.24, 2.45) is 0 Å². The van der Waals surface area contributed by atoms with E-state index in [1.54, 1.807) is 58.3 Å². The molecule has 0 unspecified atom stereocenters. The molecule has 330 valence electrons. The summed E-state index contributed by atoms with van der Waals surface area (Å²) in [7, 11) is 0.